The van der Waals surface area contributed by atoms with Crippen LogP contribution < -0.4 is 5.32 Å². The normalized spacial score (nSPS) is 21.7. The first-order valence-corrected chi connectivity index (χ1v) is 11.8. The highest BCUT2D eigenvalue weighted by Gasteiger charge is 2.62. The van der Waals surface area contributed by atoms with E-state index in [1.807, 2.05) is 0 Å². The summed E-state index contributed by atoms with van der Waals surface area (Å²) in [5, 5.41) is 6.59. The van der Waals surface area contributed by atoms with Gasteiger partial charge in [-0.05, 0) is 44.0 Å². The molecular weight excluding hydrogens is 528 g/mol. The largest absolute Gasteiger partial charge is 0.451 e. The van der Waals surface area contributed by atoms with Gasteiger partial charge < -0.3 is 14.9 Å². The number of ether oxygens (including phenoxy) is 1. The van der Waals surface area contributed by atoms with E-state index in [1.54, 1.807) is 45.0 Å². The first-order chi connectivity index (χ1) is 16.2. The molecule has 1 saturated heterocycles. The summed E-state index contributed by atoms with van der Waals surface area (Å²) >= 11 is 17.9. The molecule has 0 spiro atoms. The molecule has 0 bridgehead atoms. The Morgan fingerprint density at radius 1 is 1.03 bits per heavy atom. The van der Waals surface area contributed by atoms with Crippen LogP contribution in [0.2, 0.25) is 15.1 Å². The maximum absolute atomic E-state index is 14.3. The summed E-state index contributed by atoms with van der Waals surface area (Å²) in [6.45, 7) is 6.18. The number of nitrogens with zero attached hydrogens (tertiary/aromatic N) is 1. The molecule has 2 aromatic carbocycles. The van der Waals surface area contributed by atoms with Crippen molar-refractivity contribution >= 4 is 46.5 Å². The van der Waals surface area contributed by atoms with Crippen molar-refractivity contribution in [3.05, 3.63) is 68.2 Å². The monoisotopic (exact) mass is 548 g/mol. The standard InChI is InChI=1S/C24H22Cl3F3N2O3/c1-21(2,3)20(33)34-22(11-31-12-22)14-6-4-13(5-7-14)18-10-23(35-32-18,24(28,29)30)15-8-16(25)19(27)17(26)9-15/h4-9,31H,10-12H2,1-3H3/t23-/m0/s1. The molecule has 4 rings (SSSR count). The molecule has 0 aliphatic carbocycles. The van der Waals surface area contributed by atoms with E-state index in [2.05, 4.69) is 10.5 Å². The maximum atomic E-state index is 14.3. The quantitative estimate of drug-likeness (QED) is 0.344. The molecule has 188 valence electrons. The van der Waals surface area contributed by atoms with Crippen LogP contribution in [0, 0.1) is 5.41 Å². The zero-order valence-corrected chi connectivity index (χ0v) is 21.3. The van der Waals surface area contributed by atoms with Gasteiger partial charge in [0.1, 0.15) is 0 Å². The Kier molecular flexibility index (Phi) is 6.58. The number of carbonyl (C=O) groups is 1. The van der Waals surface area contributed by atoms with Crippen LogP contribution in [-0.2, 0) is 25.6 Å². The van der Waals surface area contributed by atoms with Gasteiger partial charge in [0.05, 0.1) is 26.2 Å². The maximum Gasteiger partial charge on any atom is 0.435 e. The predicted molar refractivity (Wildman–Crippen MR) is 128 cm³/mol. The highest BCUT2D eigenvalue weighted by molar-refractivity contribution is 6.48. The van der Waals surface area contributed by atoms with Crippen molar-refractivity contribution in [2.75, 3.05) is 13.1 Å². The molecule has 2 heterocycles. The molecule has 35 heavy (non-hydrogen) atoms. The van der Waals surface area contributed by atoms with Crippen molar-refractivity contribution in [1.82, 2.24) is 5.32 Å². The van der Waals surface area contributed by atoms with E-state index >= 15 is 0 Å². The van der Waals surface area contributed by atoms with Crippen LogP contribution in [0.25, 0.3) is 0 Å². The van der Waals surface area contributed by atoms with E-state index in [0.717, 1.165) is 17.7 Å². The Bertz CT molecular complexity index is 1170. The average Bonchev–Trinajstić information content (AvgIpc) is 3.20. The highest BCUT2D eigenvalue weighted by atomic mass is 35.5. The van der Waals surface area contributed by atoms with Crippen LogP contribution in [0.3, 0.4) is 0 Å². The van der Waals surface area contributed by atoms with Gasteiger partial charge in [0.2, 0.25) is 0 Å². The number of benzene rings is 2. The molecule has 1 atom stereocenters. The second kappa shape index (κ2) is 8.83. The van der Waals surface area contributed by atoms with Crippen LogP contribution in [0.1, 0.15) is 43.9 Å². The number of hydrogen-bond donors (Lipinski definition) is 1. The average molecular weight is 550 g/mol. The van der Waals surface area contributed by atoms with Gasteiger partial charge in [0.15, 0.2) is 5.60 Å². The topological polar surface area (TPSA) is 59.9 Å². The van der Waals surface area contributed by atoms with Crippen molar-refractivity contribution in [2.45, 2.75) is 44.6 Å². The summed E-state index contributed by atoms with van der Waals surface area (Å²) in [6.07, 6.45) is -5.41. The summed E-state index contributed by atoms with van der Waals surface area (Å²) in [5.41, 5.74) is -3.29. The summed E-state index contributed by atoms with van der Waals surface area (Å²) < 4.78 is 48.6. The molecule has 0 unspecified atom stereocenters. The number of rotatable bonds is 4. The molecule has 2 aliphatic heterocycles. The lowest BCUT2D eigenvalue weighted by atomic mass is 9.84. The van der Waals surface area contributed by atoms with E-state index in [-0.39, 0.29) is 32.3 Å². The fourth-order valence-electron chi connectivity index (χ4n) is 3.83. The van der Waals surface area contributed by atoms with Crippen molar-refractivity contribution in [2.24, 2.45) is 10.6 Å². The molecular formula is C24H22Cl3F3N2O3. The highest BCUT2D eigenvalue weighted by Crippen LogP contribution is 2.50. The minimum absolute atomic E-state index is 0.0456. The predicted octanol–water partition coefficient (Wildman–Crippen LogP) is 6.62. The minimum atomic E-state index is -4.82. The van der Waals surface area contributed by atoms with E-state index in [9.17, 15) is 18.0 Å². The lowest BCUT2D eigenvalue weighted by Gasteiger charge is -2.43. The lowest BCUT2D eigenvalue weighted by Crippen LogP contribution is -2.60. The molecule has 5 nitrogen and oxygen atoms in total. The van der Waals surface area contributed by atoms with Crippen LogP contribution in [0.15, 0.2) is 41.6 Å². The fraction of sp³-hybridized carbons (Fsp3) is 0.417. The Morgan fingerprint density at radius 3 is 2.06 bits per heavy atom. The summed E-state index contributed by atoms with van der Waals surface area (Å²) in [4.78, 5) is 17.5. The number of oxime groups is 1. The van der Waals surface area contributed by atoms with Crippen LogP contribution in [0.4, 0.5) is 13.2 Å². The summed E-state index contributed by atoms with van der Waals surface area (Å²) in [6, 6.07) is 8.88. The van der Waals surface area contributed by atoms with Crippen molar-refractivity contribution in [3.8, 4) is 0 Å². The van der Waals surface area contributed by atoms with Gasteiger partial charge in [0.25, 0.3) is 5.60 Å². The van der Waals surface area contributed by atoms with E-state index in [1.165, 1.54) is 0 Å². The third-order valence-electron chi connectivity index (χ3n) is 6.10. The van der Waals surface area contributed by atoms with Gasteiger partial charge in [-0.3, -0.25) is 4.79 Å². The summed E-state index contributed by atoms with van der Waals surface area (Å²) in [5.74, 6) is -0.341. The zero-order chi connectivity index (χ0) is 25.8. The SMILES string of the molecule is CC(C)(C)C(=O)OC1(c2ccc(C3=NO[C@@](c4cc(Cl)c(Cl)c(Cl)c4)(C(F)(F)F)C3)cc2)CNC1. The van der Waals surface area contributed by atoms with E-state index < -0.39 is 29.2 Å². The van der Waals surface area contributed by atoms with E-state index in [4.69, 9.17) is 44.4 Å². The van der Waals surface area contributed by atoms with Gasteiger partial charge >= 0.3 is 12.1 Å². The van der Waals surface area contributed by atoms with Gasteiger partial charge in [0, 0.05) is 25.1 Å². The molecule has 11 heteroatoms. The Labute approximate surface area is 215 Å². The van der Waals surface area contributed by atoms with Gasteiger partial charge in [-0.1, -0.05) is 64.2 Å². The Morgan fingerprint density at radius 2 is 1.60 bits per heavy atom. The molecule has 0 aromatic heterocycles. The molecule has 0 saturated carbocycles. The van der Waals surface area contributed by atoms with Crippen molar-refractivity contribution in [3.63, 3.8) is 0 Å². The van der Waals surface area contributed by atoms with Gasteiger partial charge in [-0.2, -0.15) is 13.2 Å². The minimum Gasteiger partial charge on any atom is -0.451 e. The first-order valence-electron chi connectivity index (χ1n) is 10.7. The van der Waals surface area contributed by atoms with Crippen molar-refractivity contribution < 1.29 is 27.5 Å². The second-order valence-electron chi connectivity index (χ2n) is 9.70. The zero-order valence-electron chi connectivity index (χ0n) is 19.0. The Hall–Kier alpha value is -2.00. The van der Waals surface area contributed by atoms with Crippen molar-refractivity contribution in [1.29, 1.82) is 0 Å². The number of halogens is 6. The second-order valence-corrected chi connectivity index (χ2v) is 10.9. The number of hydrogen-bond acceptors (Lipinski definition) is 5. The van der Waals surface area contributed by atoms with Crippen LogP contribution in [0.5, 0.6) is 0 Å². The number of carbonyl (C=O) groups excluding carboxylic acids is 1. The molecule has 0 radical (unpaired) electrons. The Balaban J connectivity index is 1.61. The molecule has 2 aliphatic rings. The van der Waals surface area contributed by atoms with E-state index in [0.29, 0.717) is 18.7 Å². The third kappa shape index (κ3) is 4.61. The van der Waals surface area contributed by atoms with Crippen LogP contribution in [-0.4, -0.2) is 30.9 Å². The van der Waals surface area contributed by atoms with Gasteiger partial charge in [-0.15, -0.1) is 0 Å². The number of nitrogens with one attached hydrogen (secondary N) is 1. The smallest absolute Gasteiger partial charge is 0.435 e. The number of alkyl halides is 3. The first kappa shape index (κ1) is 26.1. The molecule has 0 amide bonds. The fourth-order valence-corrected chi connectivity index (χ4v) is 4.43. The van der Waals surface area contributed by atoms with Crippen LogP contribution >= 0.6 is 34.8 Å². The molecule has 2 aromatic rings. The summed E-state index contributed by atoms with van der Waals surface area (Å²) in [7, 11) is 0. The lowest BCUT2D eigenvalue weighted by molar-refractivity contribution is -0.275. The molecule has 1 fully saturated rings. The van der Waals surface area contributed by atoms with Gasteiger partial charge in [-0.25, -0.2) is 0 Å². The third-order valence-corrected chi connectivity index (χ3v) is 7.30. The molecule has 1 N–H and O–H groups in total. The number of esters is 1.